The Hall–Kier alpha value is -3.01. The van der Waals surface area contributed by atoms with Crippen LogP contribution in [0.5, 0.6) is 17.2 Å². The van der Waals surface area contributed by atoms with Crippen molar-refractivity contribution in [3.8, 4) is 17.2 Å². The lowest BCUT2D eigenvalue weighted by atomic mass is 10.1. The van der Waals surface area contributed by atoms with Gasteiger partial charge in [-0.1, -0.05) is 23.7 Å². The highest BCUT2D eigenvalue weighted by Crippen LogP contribution is 2.39. The summed E-state index contributed by atoms with van der Waals surface area (Å²) >= 11 is 10.3. The average Bonchev–Trinajstić information content (AvgIpc) is 3.12. The molecule has 0 aliphatic carbocycles. The summed E-state index contributed by atoms with van der Waals surface area (Å²) in [5.74, 6) is 0.648. The Morgan fingerprint density at radius 3 is 2.47 bits per heavy atom. The Bertz CT molecular complexity index is 1300. The highest BCUT2D eigenvalue weighted by molar-refractivity contribution is 9.10. The van der Waals surface area contributed by atoms with Crippen LogP contribution in [0.15, 0.2) is 70.0 Å². The minimum absolute atomic E-state index is 0.0733. The molecule has 1 heterocycles. The number of benzene rings is 3. The standard InChI is InChI=1S/C26H20BrClFNO5S/c1-33-22-13-17(12-21(27)24(22)35-15-16-2-4-18(28)5-3-16)14-23-25(31)30(26(32)36-23)10-11-34-20-8-6-19(29)7-9-20/h2-9,12-14H,10-11,15H2,1H3/b23-14-. The van der Waals surface area contributed by atoms with Crippen molar-refractivity contribution < 1.29 is 28.2 Å². The van der Waals surface area contributed by atoms with Crippen LogP contribution in [-0.4, -0.2) is 36.3 Å². The van der Waals surface area contributed by atoms with Crippen LogP contribution in [0.1, 0.15) is 11.1 Å². The number of carbonyl (C=O) groups is 2. The van der Waals surface area contributed by atoms with Gasteiger partial charge in [-0.25, -0.2) is 4.39 Å². The van der Waals surface area contributed by atoms with Gasteiger partial charge in [-0.15, -0.1) is 0 Å². The summed E-state index contributed by atoms with van der Waals surface area (Å²) in [5, 5.41) is 0.259. The number of nitrogens with zero attached hydrogens (tertiary/aromatic N) is 1. The van der Waals surface area contributed by atoms with E-state index < -0.39 is 5.91 Å². The number of thioether (sulfide) groups is 1. The molecule has 0 aromatic heterocycles. The molecular weight excluding hydrogens is 573 g/mol. The van der Waals surface area contributed by atoms with Crippen LogP contribution in [0.4, 0.5) is 9.18 Å². The van der Waals surface area contributed by atoms with Gasteiger partial charge < -0.3 is 14.2 Å². The van der Waals surface area contributed by atoms with E-state index in [1.807, 2.05) is 12.1 Å². The molecule has 3 aromatic rings. The van der Waals surface area contributed by atoms with E-state index in [-0.39, 0.29) is 29.1 Å². The number of ether oxygens (including phenoxy) is 3. The zero-order chi connectivity index (χ0) is 25.7. The Balaban J connectivity index is 1.43. The molecule has 1 aliphatic rings. The van der Waals surface area contributed by atoms with Crippen molar-refractivity contribution in [2.75, 3.05) is 20.3 Å². The van der Waals surface area contributed by atoms with Crippen LogP contribution < -0.4 is 14.2 Å². The Kier molecular flexibility index (Phi) is 8.56. The molecule has 0 radical (unpaired) electrons. The first kappa shape index (κ1) is 26.1. The van der Waals surface area contributed by atoms with Crippen LogP contribution >= 0.6 is 39.3 Å². The van der Waals surface area contributed by atoms with Gasteiger partial charge in [-0.05, 0) is 93.4 Å². The van der Waals surface area contributed by atoms with Crippen molar-refractivity contribution in [2.24, 2.45) is 0 Å². The number of rotatable bonds is 9. The normalized spacial score (nSPS) is 14.4. The number of imide groups is 1. The molecule has 1 aliphatic heterocycles. The van der Waals surface area contributed by atoms with E-state index in [1.54, 1.807) is 30.3 Å². The molecule has 0 saturated carbocycles. The van der Waals surface area contributed by atoms with Crippen molar-refractivity contribution in [3.05, 3.63) is 92.0 Å². The van der Waals surface area contributed by atoms with E-state index in [2.05, 4.69) is 15.9 Å². The number of methoxy groups -OCH3 is 1. The van der Waals surface area contributed by atoms with Gasteiger partial charge in [0.15, 0.2) is 11.5 Å². The summed E-state index contributed by atoms with van der Waals surface area (Å²) in [5.41, 5.74) is 1.60. The van der Waals surface area contributed by atoms with E-state index in [4.69, 9.17) is 25.8 Å². The van der Waals surface area contributed by atoms with Crippen LogP contribution in [-0.2, 0) is 11.4 Å². The number of carbonyl (C=O) groups excluding carboxylic acids is 2. The van der Waals surface area contributed by atoms with Gasteiger partial charge in [0.05, 0.1) is 23.0 Å². The van der Waals surface area contributed by atoms with Crippen LogP contribution in [0, 0.1) is 5.82 Å². The Labute approximate surface area is 225 Å². The van der Waals surface area contributed by atoms with E-state index in [1.165, 1.54) is 31.4 Å². The summed E-state index contributed by atoms with van der Waals surface area (Å²) < 4.78 is 30.6. The molecule has 4 rings (SSSR count). The first-order chi connectivity index (χ1) is 17.3. The molecule has 1 fully saturated rings. The number of amides is 2. The Morgan fingerprint density at radius 2 is 1.78 bits per heavy atom. The summed E-state index contributed by atoms with van der Waals surface area (Å²) in [6.45, 7) is 0.476. The van der Waals surface area contributed by atoms with Crippen molar-refractivity contribution in [2.45, 2.75) is 6.61 Å². The van der Waals surface area contributed by atoms with Crippen molar-refractivity contribution >= 4 is 56.5 Å². The molecule has 0 atom stereocenters. The predicted molar refractivity (Wildman–Crippen MR) is 141 cm³/mol. The van der Waals surface area contributed by atoms with Gasteiger partial charge in [-0.3, -0.25) is 14.5 Å². The van der Waals surface area contributed by atoms with Crippen LogP contribution in [0.2, 0.25) is 5.02 Å². The molecule has 10 heteroatoms. The topological polar surface area (TPSA) is 65.1 Å². The third kappa shape index (κ3) is 6.40. The number of hydrogen-bond donors (Lipinski definition) is 0. The lowest BCUT2D eigenvalue weighted by Gasteiger charge is -2.14. The largest absolute Gasteiger partial charge is 0.493 e. The molecule has 186 valence electrons. The lowest BCUT2D eigenvalue weighted by Crippen LogP contribution is -2.32. The quantitative estimate of drug-likeness (QED) is 0.251. The third-order valence-corrected chi connectivity index (χ3v) is 6.87. The molecule has 0 unspecified atom stereocenters. The van der Waals surface area contributed by atoms with Crippen LogP contribution in [0.25, 0.3) is 6.08 Å². The summed E-state index contributed by atoms with van der Waals surface area (Å²) in [6, 6.07) is 16.4. The van der Waals surface area contributed by atoms with Crippen molar-refractivity contribution in [1.82, 2.24) is 4.90 Å². The molecule has 2 amide bonds. The van der Waals surface area contributed by atoms with Gasteiger partial charge >= 0.3 is 0 Å². The summed E-state index contributed by atoms with van der Waals surface area (Å²) in [4.78, 5) is 26.7. The van der Waals surface area contributed by atoms with E-state index in [0.29, 0.717) is 38.9 Å². The molecule has 0 N–H and O–H groups in total. The lowest BCUT2D eigenvalue weighted by molar-refractivity contribution is -0.123. The highest BCUT2D eigenvalue weighted by atomic mass is 79.9. The fourth-order valence-electron chi connectivity index (χ4n) is 3.33. The molecular formula is C26H20BrClFNO5S. The monoisotopic (exact) mass is 591 g/mol. The molecule has 3 aromatic carbocycles. The van der Waals surface area contributed by atoms with Gasteiger partial charge in [0, 0.05) is 5.02 Å². The fraction of sp³-hybridized carbons (Fsp3) is 0.154. The van der Waals surface area contributed by atoms with Gasteiger partial charge in [0.25, 0.3) is 11.1 Å². The maximum absolute atomic E-state index is 13.0. The second kappa shape index (κ2) is 11.8. The third-order valence-electron chi connectivity index (χ3n) is 5.12. The second-order valence-electron chi connectivity index (χ2n) is 7.58. The van der Waals surface area contributed by atoms with Gasteiger partial charge in [0.2, 0.25) is 0 Å². The van der Waals surface area contributed by atoms with E-state index in [9.17, 15) is 14.0 Å². The average molecular weight is 593 g/mol. The minimum atomic E-state index is -0.411. The first-order valence-electron chi connectivity index (χ1n) is 10.7. The Morgan fingerprint density at radius 1 is 1.06 bits per heavy atom. The minimum Gasteiger partial charge on any atom is -0.493 e. The molecule has 36 heavy (non-hydrogen) atoms. The zero-order valence-corrected chi connectivity index (χ0v) is 22.2. The van der Waals surface area contributed by atoms with Crippen molar-refractivity contribution in [1.29, 1.82) is 0 Å². The summed E-state index contributed by atoms with van der Waals surface area (Å²) in [7, 11) is 1.52. The molecule has 1 saturated heterocycles. The SMILES string of the molecule is COc1cc(/C=C2\SC(=O)N(CCOc3ccc(F)cc3)C2=O)cc(Br)c1OCc1ccc(Cl)cc1. The maximum Gasteiger partial charge on any atom is 0.293 e. The van der Waals surface area contributed by atoms with E-state index >= 15 is 0 Å². The fourth-order valence-corrected chi connectivity index (χ4v) is 4.89. The van der Waals surface area contributed by atoms with Crippen LogP contribution in [0.3, 0.4) is 0 Å². The number of halogens is 3. The van der Waals surface area contributed by atoms with Gasteiger partial charge in [0.1, 0.15) is 24.8 Å². The molecule has 0 bridgehead atoms. The molecule has 6 nitrogen and oxygen atoms in total. The highest BCUT2D eigenvalue weighted by Gasteiger charge is 2.35. The predicted octanol–water partition coefficient (Wildman–Crippen LogP) is 6.94. The zero-order valence-electron chi connectivity index (χ0n) is 19.0. The molecule has 0 spiro atoms. The van der Waals surface area contributed by atoms with Crippen molar-refractivity contribution in [3.63, 3.8) is 0 Å². The van der Waals surface area contributed by atoms with E-state index in [0.717, 1.165) is 22.2 Å². The smallest absolute Gasteiger partial charge is 0.293 e. The van der Waals surface area contributed by atoms with Gasteiger partial charge in [-0.2, -0.15) is 0 Å². The second-order valence-corrected chi connectivity index (χ2v) is 9.87. The first-order valence-corrected chi connectivity index (χ1v) is 12.7. The number of hydrogen-bond acceptors (Lipinski definition) is 6. The summed E-state index contributed by atoms with van der Waals surface area (Å²) in [6.07, 6.45) is 1.63. The maximum atomic E-state index is 13.0.